The second kappa shape index (κ2) is 10.3. The van der Waals surface area contributed by atoms with E-state index >= 15 is 0 Å². The average Bonchev–Trinajstić information content (AvgIpc) is 3.18. The summed E-state index contributed by atoms with van der Waals surface area (Å²) in [4.78, 5) is 13.3. The van der Waals surface area contributed by atoms with E-state index < -0.39 is 10.0 Å². The smallest absolute Gasteiger partial charge is 0.293 e. The predicted octanol–water partition coefficient (Wildman–Crippen LogP) is 5.40. The molecule has 0 saturated heterocycles. The second-order valence-corrected chi connectivity index (χ2v) is 10.8. The van der Waals surface area contributed by atoms with Gasteiger partial charge in [-0.05, 0) is 63.4 Å². The second-order valence-electron chi connectivity index (χ2n) is 9.08. The van der Waals surface area contributed by atoms with Gasteiger partial charge in [-0.15, -0.1) is 0 Å². The molecule has 1 heterocycles. The van der Waals surface area contributed by atoms with Gasteiger partial charge in [-0.3, -0.25) is 4.79 Å². The molecule has 4 rings (SSSR count). The molecule has 6 nitrogen and oxygen atoms in total. The number of aromatic amines is 1. The highest BCUT2D eigenvalue weighted by Gasteiger charge is 2.21. The van der Waals surface area contributed by atoms with E-state index in [1.807, 2.05) is 51.1 Å². The lowest BCUT2D eigenvalue weighted by atomic mass is 9.96. The molecule has 0 spiro atoms. The van der Waals surface area contributed by atoms with Crippen molar-refractivity contribution in [3.8, 4) is 11.3 Å². The number of H-pyrrole nitrogens is 1. The number of fused-ring (bicyclic) bond motifs is 1. The third-order valence-corrected chi connectivity index (χ3v) is 6.87. The summed E-state index contributed by atoms with van der Waals surface area (Å²) in [6.07, 6.45) is 5.29. The molecule has 2 N–H and O–H groups in total. The molecule has 3 aromatic rings. The summed E-state index contributed by atoms with van der Waals surface area (Å²) in [7, 11) is -3.44. The quantitative estimate of drug-likeness (QED) is 0.503. The third-order valence-electron chi connectivity index (χ3n) is 5.33. The number of para-hydroxylation sites is 1. The number of hydrogen-bond acceptors (Lipinski definition) is 4. The predicted molar refractivity (Wildman–Crippen MR) is 128 cm³/mol. The first-order chi connectivity index (χ1) is 15.2. The zero-order chi connectivity index (χ0) is 23.2. The van der Waals surface area contributed by atoms with Crippen molar-refractivity contribution in [3.63, 3.8) is 0 Å². The standard InChI is InChI=1S/C20H22N2O2S.C5H10O2/c23-25(24,22-17-7-2-1-3-8-17)18-12-10-15(11-13-18)20-14-16-6-4-5-9-19(16)21-20;1-5(2,3)7-4-6/h4-6,9-14,17,21-22H,1-3,7-8H2;4H,1-3H3. The molecule has 0 amide bonds. The van der Waals surface area contributed by atoms with Crippen LogP contribution >= 0.6 is 0 Å². The molecule has 0 bridgehead atoms. The maximum atomic E-state index is 12.6. The minimum absolute atomic E-state index is 0.0760. The molecule has 1 saturated carbocycles. The maximum absolute atomic E-state index is 12.6. The van der Waals surface area contributed by atoms with Crippen molar-refractivity contribution in [3.05, 3.63) is 54.6 Å². The van der Waals surface area contributed by atoms with E-state index in [0.29, 0.717) is 11.4 Å². The van der Waals surface area contributed by atoms with Crippen LogP contribution in [0.5, 0.6) is 0 Å². The van der Waals surface area contributed by atoms with Crippen LogP contribution < -0.4 is 4.72 Å². The van der Waals surface area contributed by atoms with Gasteiger partial charge in [0.15, 0.2) is 0 Å². The van der Waals surface area contributed by atoms with Gasteiger partial charge in [0, 0.05) is 22.6 Å². The first-order valence-electron chi connectivity index (χ1n) is 11.0. The molecule has 1 aliphatic rings. The van der Waals surface area contributed by atoms with Crippen LogP contribution in [0, 0.1) is 0 Å². The average molecular weight is 457 g/mol. The lowest BCUT2D eigenvalue weighted by Gasteiger charge is -2.22. The minimum Gasteiger partial charge on any atom is -0.462 e. The summed E-state index contributed by atoms with van der Waals surface area (Å²) in [5.41, 5.74) is 2.73. The fraction of sp³-hybridized carbons (Fsp3) is 0.400. The SMILES string of the molecule is CC(C)(C)OC=O.O=S(=O)(NC1CCCCC1)c1ccc(-c2cc3ccccc3[nH]2)cc1. The van der Waals surface area contributed by atoms with E-state index in [-0.39, 0.29) is 11.6 Å². The molecule has 0 unspecified atom stereocenters. The van der Waals surface area contributed by atoms with Crippen molar-refractivity contribution >= 4 is 27.4 Å². The Kier molecular flexibility index (Phi) is 7.74. The summed E-state index contributed by atoms with van der Waals surface area (Å²) in [5.74, 6) is 0. The third kappa shape index (κ3) is 6.68. The Labute approximate surface area is 190 Å². The van der Waals surface area contributed by atoms with E-state index in [0.717, 1.165) is 47.8 Å². The van der Waals surface area contributed by atoms with Crippen LogP contribution in [0.1, 0.15) is 52.9 Å². The Bertz CT molecular complexity index is 1090. The topological polar surface area (TPSA) is 88.3 Å². The molecular formula is C25H32N2O4S. The highest BCUT2D eigenvalue weighted by molar-refractivity contribution is 7.89. The minimum atomic E-state index is -3.44. The Morgan fingerprint density at radius 3 is 2.22 bits per heavy atom. The number of rotatable bonds is 5. The molecule has 1 fully saturated rings. The molecule has 7 heteroatoms. The molecule has 32 heavy (non-hydrogen) atoms. The van der Waals surface area contributed by atoms with Crippen LogP contribution in [-0.4, -0.2) is 31.5 Å². The largest absolute Gasteiger partial charge is 0.462 e. The van der Waals surface area contributed by atoms with Crippen LogP contribution in [0.2, 0.25) is 0 Å². The van der Waals surface area contributed by atoms with Gasteiger partial charge in [0.25, 0.3) is 6.47 Å². The van der Waals surface area contributed by atoms with E-state index in [2.05, 4.69) is 26.6 Å². The molecule has 2 aromatic carbocycles. The molecular weight excluding hydrogens is 424 g/mol. The Morgan fingerprint density at radius 2 is 1.66 bits per heavy atom. The number of hydrogen-bond donors (Lipinski definition) is 2. The van der Waals surface area contributed by atoms with Gasteiger partial charge < -0.3 is 9.72 Å². The number of carbonyl (C=O) groups excluding carboxylic acids is 1. The van der Waals surface area contributed by atoms with Gasteiger partial charge in [0.05, 0.1) is 4.90 Å². The van der Waals surface area contributed by atoms with Crippen LogP contribution in [0.15, 0.2) is 59.5 Å². The molecule has 1 aliphatic carbocycles. The molecule has 0 radical (unpaired) electrons. The van der Waals surface area contributed by atoms with Gasteiger partial charge in [0.1, 0.15) is 5.60 Å². The van der Waals surface area contributed by atoms with Crippen LogP contribution in [0.25, 0.3) is 22.2 Å². The number of aromatic nitrogens is 1. The van der Waals surface area contributed by atoms with Gasteiger partial charge in [-0.2, -0.15) is 0 Å². The number of carbonyl (C=O) groups is 1. The zero-order valence-electron chi connectivity index (χ0n) is 18.9. The highest BCUT2D eigenvalue weighted by atomic mass is 32.2. The fourth-order valence-electron chi connectivity index (χ4n) is 3.69. The highest BCUT2D eigenvalue weighted by Crippen LogP contribution is 2.26. The summed E-state index contributed by atoms with van der Waals surface area (Å²) >= 11 is 0. The summed E-state index contributed by atoms with van der Waals surface area (Å²) in [6, 6.07) is 17.3. The summed E-state index contributed by atoms with van der Waals surface area (Å²) in [6.45, 7) is 5.92. The maximum Gasteiger partial charge on any atom is 0.293 e. The molecule has 172 valence electrons. The lowest BCUT2D eigenvalue weighted by molar-refractivity contribution is -0.138. The van der Waals surface area contributed by atoms with Crippen molar-refractivity contribution < 1.29 is 17.9 Å². The van der Waals surface area contributed by atoms with Crippen LogP contribution in [0.3, 0.4) is 0 Å². The van der Waals surface area contributed by atoms with E-state index in [1.165, 1.54) is 6.42 Å². The van der Waals surface area contributed by atoms with Gasteiger partial charge in [0.2, 0.25) is 10.0 Å². The molecule has 0 aliphatic heterocycles. The van der Waals surface area contributed by atoms with E-state index in [4.69, 9.17) is 0 Å². The summed E-state index contributed by atoms with van der Waals surface area (Å²) < 4.78 is 32.5. The van der Waals surface area contributed by atoms with Crippen molar-refractivity contribution in [1.82, 2.24) is 9.71 Å². The number of ether oxygens (including phenoxy) is 1. The van der Waals surface area contributed by atoms with E-state index in [1.54, 1.807) is 12.1 Å². The number of sulfonamides is 1. The van der Waals surface area contributed by atoms with Crippen LogP contribution in [0.4, 0.5) is 0 Å². The number of benzene rings is 2. The normalized spacial score (nSPS) is 15.1. The fourth-order valence-corrected chi connectivity index (χ4v) is 5.00. The summed E-state index contributed by atoms with van der Waals surface area (Å²) in [5, 5.41) is 1.15. The van der Waals surface area contributed by atoms with Gasteiger partial charge in [-0.1, -0.05) is 49.6 Å². The first-order valence-corrected chi connectivity index (χ1v) is 12.5. The van der Waals surface area contributed by atoms with Crippen molar-refractivity contribution in [2.75, 3.05) is 0 Å². The van der Waals surface area contributed by atoms with Crippen molar-refractivity contribution in [1.29, 1.82) is 0 Å². The first kappa shape index (κ1) is 24.0. The lowest BCUT2D eigenvalue weighted by Crippen LogP contribution is -2.36. The molecule has 1 aromatic heterocycles. The molecule has 0 atom stereocenters. The Hall–Kier alpha value is -2.64. The monoisotopic (exact) mass is 456 g/mol. The van der Waals surface area contributed by atoms with Gasteiger partial charge in [-0.25, -0.2) is 13.1 Å². The van der Waals surface area contributed by atoms with Crippen molar-refractivity contribution in [2.45, 2.75) is 69.4 Å². The zero-order valence-corrected chi connectivity index (χ0v) is 19.7. The van der Waals surface area contributed by atoms with Crippen LogP contribution in [-0.2, 0) is 19.6 Å². The van der Waals surface area contributed by atoms with Gasteiger partial charge >= 0.3 is 0 Å². The van der Waals surface area contributed by atoms with Crippen molar-refractivity contribution in [2.24, 2.45) is 0 Å². The Morgan fingerprint density at radius 1 is 1.00 bits per heavy atom. The Balaban J connectivity index is 0.000000360. The van der Waals surface area contributed by atoms with E-state index in [9.17, 15) is 13.2 Å². The number of nitrogens with one attached hydrogen (secondary N) is 2.